The summed E-state index contributed by atoms with van der Waals surface area (Å²) in [5.74, 6) is 0.0810. The van der Waals surface area contributed by atoms with Gasteiger partial charge in [-0.3, -0.25) is 4.79 Å². The van der Waals surface area contributed by atoms with Crippen LogP contribution in [0.5, 0.6) is 0 Å². The molecule has 4 nitrogen and oxygen atoms in total. The summed E-state index contributed by atoms with van der Waals surface area (Å²) in [4.78, 5) is 10.2. The topological polar surface area (TPSA) is 58.6 Å². The minimum Gasteiger partial charge on any atom is -0.481 e. The van der Waals surface area contributed by atoms with E-state index in [-0.39, 0.29) is 6.42 Å². The fourth-order valence-electron chi connectivity index (χ4n) is 1.15. The average molecular weight is 201 g/mol. The molecule has 1 saturated carbocycles. The summed E-state index contributed by atoms with van der Waals surface area (Å²) in [5, 5.41) is 11.4. The fraction of sp³-hybridized carbons (Fsp3) is 0.900. The molecule has 0 unspecified atom stereocenters. The molecule has 2 N–H and O–H groups in total. The van der Waals surface area contributed by atoms with Crippen molar-refractivity contribution in [3.05, 3.63) is 0 Å². The van der Waals surface area contributed by atoms with E-state index < -0.39 is 5.97 Å². The van der Waals surface area contributed by atoms with Crippen LogP contribution >= 0.6 is 0 Å². The van der Waals surface area contributed by atoms with Gasteiger partial charge in [-0.05, 0) is 31.7 Å². The molecule has 0 aliphatic heterocycles. The van der Waals surface area contributed by atoms with Gasteiger partial charge in [0.25, 0.3) is 0 Å². The minimum atomic E-state index is -0.748. The number of aliphatic carboxylic acids is 1. The first-order valence-corrected chi connectivity index (χ1v) is 5.29. The number of carbonyl (C=O) groups is 1. The lowest BCUT2D eigenvalue weighted by Crippen LogP contribution is -2.20. The fourth-order valence-corrected chi connectivity index (χ4v) is 1.15. The Morgan fingerprint density at radius 1 is 1.43 bits per heavy atom. The van der Waals surface area contributed by atoms with Crippen LogP contribution < -0.4 is 5.32 Å². The molecule has 0 atom stereocenters. The van der Waals surface area contributed by atoms with Gasteiger partial charge in [0.15, 0.2) is 0 Å². The summed E-state index contributed by atoms with van der Waals surface area (Å²) in [6, 6.07) is 0. The number of hydrogen-bond acceptors (Lipinski definition) is 3. The number of hydrogen-bond donors (Lipinski definition) is 2. The van der Waals surface area contributed by atoms with Gasteiger partial charge in [-0.1, -0.05) is 0 Å². The molecule has 0 aromatic carbocycles. The third kappa shape index (κ3) is 6.86. The zero-order chi connectivity index (χ0) is 10.2. The van der Waals surface area contributed by atoms with Gasteiger partial charge >= 0.3 is 5.97 Å². The van der Waals surface area contributed by atoms with Gasteiger partial charge in [0.2, 0.25) is 0 Å². The van der Waals surface area contributed by atoms with E-state index in [0.717, 1.165) is 32.1 Å². The number of rotatable bonds is 9. The van der Waals surface area contributed by atoms with Crippen LogP contribution in [0, 0.1) is 5.92 Å². The van der Waals surface area contributed by atoms with Crippen molar-refractivity contribution in [3.63, 3.8) is 0 Å². The quantitative estimate of drug-likeness (QED) is 0.543. The SMILES string of the molecule is O=C(O)CCNCCCOCC1CC1. The van der Waals surface area contributed by atoms with Crippen molar-refractivity contribution in [3.8, 4) is 0 Å². The Balaban J connectivity index is 1.68. The smallest absolute Gasteiger partial charge is 0.304 e. The molecule has 0 saturated heterocycles. The van der Waals surface area contributed by atoms with Gasteiger partial charge in [-0.15, -0.1) is 0 Å². The van der Waals surface area contributed by atoms with Gasteiger partial charge in [0, 0.05) is 19.8 Å². The van der Waals surface area contributed by atoms with Crippen LogP contribution in [0.4, 0.5) is 0 Å². The molecule has 1 rings (SSSR count). The molecule has 0 aromatic rings. The van der Waals surface area contributed by atoms with Crippen LogP contribution in [0.3, 0.4) is 0 Å². The lowest BCUT2D eigenvalue weighted by atomic mass is 10.4. The molecule has 0 amide bonds. The Kier molecular flexibility index (Phi) is 5.56. The van der Waals surface area contributed by atoms with E-state index in [1.54, 1.807) is 0 Å². The molecule has 14 heavy (non-hydrogen) atoms. The second kappa shape index (κ2) is 6.79. The van der Waals surface area contributed by atoms with Gasteiger partial charge in [0.1, 0.15) is 0 Å². The molecule has 1 aliphatic rings. The third-order valence-corrected chi connectivity index (χ3v) is 2.21. The molecular weight excluding hydrogens is 182 g/mol. The molecule has 0 aromatic heterocycles. The van der Waals surface area contributed by atoms with Gasteiger partial charge in [0.05, 0.1) is 6.42 Å². The second-order valence-electron chi connectivity index (χ2n) is 3.77. The summed E-state index contributed by atoms with van der Waals surface area (Å²) in [5.41, 5.74) is 0. The first-order chi connectivity index (χ1) is 6.79. The molecule has 0 bridgehead atoms. The van der Waals surface area contributed by atoms with Crippen LogP contribution in [0.15, 0.2) is 0 Å². The molecule has 1 aliphatic carbocycles. The van der Waals surface area contributed by atoms with Crippen LogP contribution in [-0.2, 0) is 9.53 Å². The Morgan fingerprint density at radius 3 is 2.86 bits per heavy atom. The molecular formula is C10H19NO3. The largest absolute Gasteiger partial charge is 0.481 e. The van der Waals surface area contributed by atoms with E-state index in [1.165, 1.54) is 12.8 Å². The van der Waals surface area contributed by atoms with Crippen LogP contribution in [0.1, 0.15) is 25.7 Å². The van der Waals surface area contributed by atoms with Crippen molar-refractivity contribution in [1.82, 2.24) is 5.32 Å². The lowest BCUT2D eigenvalue weighted by Gasteiger charge is -2.04. The summed E-state index contributed by atoms with van der Waals surface area (Å²) in [7, 11) is 0. The Hall–Kier alpha value is -0.610. The van der Waals surface area contributed by atoms with E-state index in [0.29, 0.717) is 6.54 Å². The van der Waals surface area contributed by atoms with Crippen molar-refractivity contribution in [1.29, 1.82) is 0 Å². The first-order valence-electron chi connectivity index (χ1n) is 5.29. The number of carboxylic acids is 1. The van der Waals surface area contributed by atoms with Crippen LogP contribution in [0.25, 0.3) is 0 Å². The molecule has 82 valence electrons. The second-order valence-corrected chi connectivity index (χ2v) is 3.77. The van der Waals surface area contributed by atoms with E-state index >= 15 is 0 Å². The summed E-state index contributed by atoms with van der Waals surface area (Å²) in [6.45, 7) is 3.10. The maximum Gasteiger partial charge on any atom is 0.304 e. The third-order valence-electron chi connectivity index (χ3n) is 2.21. The van der Waals surface area contributed by atoms with Crippen molar-refractivity contribution < 1.29 is 14.6 Å². The molecule has 4 heteroatoms. The van der Waals surface area contributed by atoms with Crippen molar-refractivity contribution in [2.24, 2.45) is 5.92 Å². The highest BCUT2D eigenvalue weighted by atomic mass is 16.5. The highest BCUT2D eigenvalue weighted by Gasteiger charge is 2.20. The van der Waals surface area contributed by atoms with Gasteiger partial charge in [-0.2, -0.15) is 0 Å². The van der Waals surface area contributed by atoms with Crippen molar-refractivity contribution >= 4 is 5.97 Å². The molecule has 1 fully saturated rings. The Morgan fingerprint density at radius 2 is 2.21 bits per heavy atom. The van der Waals surface area contributed by atoms with Crippen LogP contribution in [0.2, 0.25) is 0 Å². The first kappa shape index (κ1) is 11.5. The Labute approximate surface area is 84.6 Å². The summed E-state index contributed by atoms with van der Waals surface area (Å²) in [6.07, 6.45) is 3.82. The van der Waals surface area contributed by atoms with Crippen LogP contribution in [-0.4, -0.2) is 37.4 Å². The zero-order valence-corrected chi connectivity index (χ0v) is 8.50. The lowest BCUT2D eigenvalue weighted by molar-refractivity contribution is -0.136. The standard InChI is InChI=1S/C10H19NO3/c12-10(13)4-6-11-5-1-7-14-8-9-2-3-9/h9,11H,1-8H2,(H,12,13). The van der Waals surface area contributed by atoms with Gasteiger partial charge < -0.3 is 15.2 Å². The predicted molar refractivity (Wildman–Crippen MR) is 53.3 cm³/mol. The van der Waals surface area contributed by atoms with E-state index in [2.05, 4.69) is 5.32 Å². The number of ether oxygens (including phenoxy) is 1. The highest BCUT2D eigenvalue weighted by molar-refractivity contribution is 5.66. The zero-order valence-electron chi connectivity index (χ0n) is 8.50. The molecule has 0 spiro atoms. The summed E-state index contributed by atoms with van der Waals surface area (Å²) >= 11 is 0. The molecule has 0 heterocycles. The number of carboxylic acid groups (broad SMARTS) is 1. The van der Waals surface area contributed by atoms with Gasteiger partial charge in [-0.25, -0.2) is 0 Å². The minimum absolute atomic E-state index is 0.197. The maximum absolute atomic E-state index is 10.2. The average Bonchev–Trinajstić information content (AvgIpc) is 2.92. The Bertz CT molecular complexity index is 169. The monoisotopic (exact) mass is 201 g/mol. The van der Waals surface area contributed by atoms with Crippen molar-refractivity contribution in [2.45, 2.75) is 25.7 Å². The maximum atomic E-state index is 10.2. The molecule has 0 radical (unpaired) electrons. The van der Waals surface area contributed by atoms with E-state index in [1.807, 2.05) is 0 Å². The highest BCUT2D eigenvalue weighted by Crippen LogP contribution is 2.28. The van der Waals surface area contributed by atoms with E-state index in [9.17, 15) is 4.79 Å². The normalized spacial score (nSPS) is 15.7. The predicted octanol–water partition coefficient (Wildman–Crippen LogP) is 0.867. The summed E-state index contributed by atoms with van der Waals surface area (Å²) < 4.78 is 5.43. The van der Waals surface area contributed by atoms with Crippen molar-refractivity contribution in [2.75, 3.05) is 26.3 Å². The number of nitrogens with one attached hydrogen (secondary N) is 1. The van der Waals surface area contributed by atoms with E-state index in [4.69, 9.17) is 9.84 Å².